The van der Waals surface area contributed by atoms with Gasteiger partial charge in [-0.15, -0.1) is 0 Å². The molecule has 8 heteroatoms. The standard InChI is InChI=1S/C30H28N2O6/c1-35-21-12-13-23-22(16-21)25(33)24-26(38-23)28-30(14-15-30)27(24)31(36-17-19-8-4-2-5-9-19)29(34)32(28)37-18-20-10-6-3-7-11-20/h2-13,16,24,26-28H,14-15,17-18H2,1H3/t24-,26+,27+,28-/m0/s1. The Labute approximate surface area is 220 Å². The molecule has 194 valence electrons. The van der Waals surface area contributed by atoms with Gasteiger partial charge in [0, 0.05) is 5.41 Å². The predicted molar refractivity (Wildman–Crippen MR) is 136 cm³/mol. The molecule has 4 aliphatic rings. The average Bonchev–Trinajstić information content (AvgIpc) is 3.70. The average molecular weight is 513 g/mol. The SMILES string of the molecule is COc1ccc2c(c1)C(=O)[C@H]1[C@@H](O2)[C@@H]2N(OCc3ccccc3)C(=O)N(OCc3ccccc3)[C@H]1C21CC1. The van der Waals surface area contributed by atoms with Gasteiger partial charge in [-0.05, 0) is 42.2 Å². The molecule has 2 bridgehead atoms. The smallest absolute Gasteiger partial charge is 0.368 e. The number of hydrogen-bond acceptors (Lipinski definition) is 6. The van der Waals surface area contributed by atoms with E-state index in [2.05, 4.69) is 0 Å². The van der Waals surface area contributed by atoms with Crippen LogP contribution < -0.4 is 9.47 Å². The van der Waals surface area contributed by atoms with Gasteiger partial charge < -0.3 is 9.47 Å². The highest BCUT2D eigenvalue weighted by molar-refractivity contribution is 6.03. The van der Waals surface area contributed by atoms with Crippen LogP contribution in [0.15, 0.2) is 78.9 Å². The van der Waals surface area contributed by atoms with E-state index in [0.717, 1.165) is 24.0 Å². The number of urea groups is 1. The third kappa shape index (κ3) is 3.51. The van der Waals surface area contributed by atoms with Gasteiger partial charge in [0.15, 0.2) is 5.78 Å². The zero-order valence-corrected chi connectivity index (χ0v) is 21.0. The van der Waals surface area contributed by atoms with Crippen LogP contribution >= 0.6 is 0 Å². The molecule has 0 aromatic heterocycles. The highest BCUT2D eigenvalue weighted by Crippen LogP contribution is 2.67. The second-order valence-corrected chi connectivity index (χ2v) is 10.4. The lowest BCUT2D eigenvalue weighted by Crippen LogP contribution is -2.62. The maximum Gasteiger partial charge on any atom is 0.368 e. The molecule has 0 unspecified atom stereocenters. The van der Waals surface area contributed by atoms with E-state index in [4.69, 9.17) is 19.1 Å². The van der Waals surface area contributed by atoms with Gasteiger partial charge in [0.25, 0.3) is 0 Å². The maximum atomic E-state index is 14.0. The van der Waals surface area contributed by atoms with Gasteiger partial charge in [-0.1, -0.05) is 60.7 Å². The molecule has 8 nitrogen and oxygen atoms in total. The molecule has 7 rings (SSSR count). The zero-order chi connectivity index (χ0) is 25.9. The van der Waals surface area contributed by atoms with Crippen molar-refractivity contribution in [3.05, 3.63) is 95.6 Å². The minimum absolute atomic E-state index is 0.0556. The van der Waals surface area contributed by atoms with E-state index in [-0.39, 0.29) is 24.4 Å². The number of fused-ring (bicyclic) bond motifs is 4. The van der Waals surface area contributed by atoms with Crippen LogP contribution in [0.5, 0.6) is 11.5 Å². The Morgan fingerprint density at radius 2 is 1.45 bits per heavy atom. The normalized spacial score (nSPS) is 26.1. The summed E-state index contributed by atoms with van der Waals surface area (Å²) in [6, 6.07) is 23.4. The van der Waals surface area contributed by atoms with Crippen molar-refractivity contribution in [2.24, 2.45) is 11.3 Å². The van der Waals surface area contributed by atoms with Crippen LogP contribution in [0.2, 0.25) is 0 Å². The number of hydroxylamine groups is 4. The summed E-state index contributed by atoms with van der Waals surface area (Å²) < 4.78 is 11.9. The number of ether oxygens (including phenoxy) is 2. The van der Waals surface area contributed by atoms with Gasteiger partial charge in [0.05, 0.1) is 24.6 Å². The van der Waals surface area contributed by atoms with Crippen molar-refractivity contribution in [3.63, 3.8) is 0 Å². The number of rotatable bonds is 7. The summed E-state index contributed by atoms with van der Waals surface area (Å²) in [6.45, 7) is 0.419. The number of methoxy groups -OCH3 is 1. The van der Waals surface area contributed by atoms with Gasteiger partial charge in [-0.25, -0.2) is 4.79 Å². The molecule has 3 aromatic rings. The summed E-state index contributed by atoms with van der Waals surface area (Å²) in [7, 11) is 1.57. The number of benzene rings is 3. The largest absolute Gasteiger partial charge is 0.497 e. The summed E-state index contributed by atoms with van der Waals surface area (Å²) in [6.07, 6.45) is 1.17. The van der Waals surface area contributed by atoms with Crippen molar-refractivity contribution in [1.29, 1.82) is 0 Å². The number of nitrogens with zero attached hydrogens (tertiary/aromatic N) is 2. The Morgan fingerprint density at radius 1 is 0.842 bits per heavy atom. The van der Waals surface area contributed by atoms with Crippen LogP contribution in [0.25, 0.3) is 0 Å². The predicted octanol–water partition coefficient (Wildman–Crippen LogP) is 4.79. The second-order valence-electron chi connectivity index (χ2n) is 10.4. The van der Waals surface area contributed by atoms with E-state index >= 15 is 0 Å². The summed E-state index contributed by atoms with van der Waals surface area (Å²) in [5.41, 5.74) is 2.00. The summed E-state index contributed by atoms with van der Waals surface area (Å²) >= 11 is 0. The van der Waals surface area contributed by atoms with Crippen LogP contribution in [-0.2, 0) is 22.9 Å². The van der Waals surface area contributed by atoms with E-state index in [1.54, 1.807) is 25.3 Å². The molecule has 2 saturated carbocycles. The highest BCUT2D eigenvalue weighted by Gasteiger charge is 2.77. The molecule has 2 heterocycles. The molecule has 1 spiro atoms. The van der Waals surface area contributed by atoms with Crippen LogP contribution in [0.1, 0.15) is 34.3 Å². The van der Waals surface area contributed by atoms with Crippen LogP contribution in [0.4, 0.5) is 4.79 Å². The van der Waals surface area contributed by atoms with Gasteiger partial charge in [0.2, 0.25) is 0 Å². The molecular formula is C30H28N2O6. The Morgan fingerprint density at radius 3 is 2.03 bits per heavy atom. The van der Waals surface area contributed by atoms with E-state index in [0.29, 0.717) is 17.1 Å². The number of amides is 2. The van der Waals surface area contributed by atoms with E-state index in [1.807, 2.05) is 60.7 Å². The van der Waals surface area contributed by atoms with Crippen molar-refractivity contribution < 1.29 is 28.7 Å². The first-order valence-corrected chi connectivity index (χ1v) is 13.0. The van der Waals surface area contributed by atoms with Crippen molar-refractivity contribution in [2.45, 2.75) is 44.2 Å². The number of Topliss-reactive ketones (excluding diaryl/α,β-unsaturated/α-hetero) is 1. The van der Waals surface area contributed by atoms with Gasteiger partial charge in [-0.3, -0.25) is 14.5 Å². The highest BCUT2D eigenvalue weighted by atomic mass is 16.7. The molecule has 4 atom stereocenters. The molecule has 2 aliphatic carbocycles. The summed E-state index contributed by atoms with van der Waals surface area (Å²) in [5, 5.41) is 2.83. The van der Waals surface area contributed by atoms with Gasteiger partial charge in [0.1, 0.15) is 36.9 Å². The molecule has 0 radical (unpaired) electrons. The molecule has 2 amide bonds. The second kappa shape index (κ2) is 8.85. The van der Waals surface area contributed by atoms with Crippen molar-refractivity contribution in [2.75, 3.05) is 7.11 Å². The van der Waals surface area contributed by atoms with Crippen LogP contribution in [-0.4, -0.2) is 47.2 Å². The summed E-state index contributed by atoms with van der Waals surface area (Å²) in [5.74, 6) is 0.460. The van der Waals surface area contributed by atoms with Crippen molar-refractivity contribution >= 4 is 11.8 Å². The topological polar surface area (TPSA) is 77.5 Å². The first kappa shape index (κ1) is 23.3. The number of carbonyl (C=O) groups is 2. The molecule has 1 saturated heterocycles. The minimum atomic E-state index is -0.577. The van der Waals surface area contributed by atoms with Crippen LogP contribution in [0.3, 0.4) is 0 Å². The van der Waals surface area contributed by atoms with Crippen molar-refractivity contribution in [3.8, 4) is 11.5 Å². The maximum absolute atomic E-state index is 14.0. The monoisotopic (exact) mass is 512 g/mol. The molecule has 2 aliphatic heterocycles. The first-order valence-electron chi connectivity index (χ1n) is 13.0. The molecule has 0 N–H and O–H groups in total. The molecular weight excluding hydrogens is 484 g/mol. The lowest BCUT2D eigenvalue weighted by molar-refractivity contribution is -0.253. The van der Waals surface area contributed by atoms with Crippen molar-refractivity contribution in [1.82, 2.24) is 10.1 Å². The number of ketones is 1. The van der Waals surface area contributed by atoms with Crippen LogP contribution in [0, 0.1) is 11.3 Å². The summed E-state index contributed by atoms with van der Waals surface area (Å²) in [4.78, 5) is 40.5. The number of carbonyl (C=O) groups excluding carboxylic acids is 2. The molecule has 38 heavy (non-hydrogen) atoms. The number of hydrogen-bond donors (Lipinski definition) is 0. The fourth-order valence-corrected chi connectivity index (χ4v) is 6.45. The molecule has 3 aromatic carbocycles. The van der Waals surface area contributed by atoms with E-state index in [9.17, 15) is 9.59 Å². The first-order chi connectivity index (χ1) is 18.6. The zero-order valence-electron chi connectivity index (χ0n) is 21.0. The van der Waals surface area contributed by atoms with Gasteiger partial charge >= 0.3 is 6.03 Å². The Balaban J connectivity index is 1.27. The lowest BCUT2D eigenvalue weighted by Gasteiger charge is -2.44. The third-order valence-corrected chi connectivity index (χ3v) is 8.34. The Bertz CT molecular complexity index is 1380. The Hall–Kier alpha value is -3.88. The van der Waals surface area contributed by atoms with E-state index in [1.165, 1.54) is 10.1 Å². The lowest BCUT2D eigenvalue weighted by atomic mass is 9.86. The minimum Gasteiger partial charge on any atom is -0.497 e. The fraction of sp³-hybridized carbons (Fsp3) is 0.333. The van der Waals surface area contributed by atoms with Gasteiger partial charge in [-0.2, -0.15) is 10.1 Å². The molecule has 3 fully saturated rings. The Kier molecular flexibility index (Phi) is 5.42. The fourth-order valence-electron chi connectivity index (χ4n) is 6.45. The quantitative estimate of drug-likeness (QED) is 0.453. The third-order valence-electron chi connectivity index (χ3n) is 8.34. The van der Waals surface area contributed by atoms with E-state index < -0.39 is 30.1 Å².